The highest BCUT2D eigenvalue weighted by Crippen LogP contribution is 1.82. The number of hydroxylamine groups is 1. The average Bonchev–Trinajstić information content (AvgIpc) is 1.65. The van der Waals surface area contributed by atoms with Crippen LogP contribution in [0.2, 0.25) is 0 Å². The summed E-state index contributed by atoms with van der Waals surface area (Å²) in [5, 5.41) is 17.9. The molecule has 1 atom stereocenters. The predicted molar refractivity (Wildman–Crippen MR) is 22.9 cm³/mol. The van der Waals surface area contributed by atoms with E-state index in [1.807, 2.05) is 0 Å². The fraction of sp³-hybridized carbons (Fsp3) is 1.00. The van der Waals surface area contributed by atoms with Gasteiger partial charge in [0.05, 0.1) is 0 Å². The number of hydrogen-bond donors (Lipinski definition) is 2. The van der Waals surface area contributed by atoms with Crippen molar-refractivity contribution in [3.63, 3.8) is 0 Å². The lowest BCUT2D eigenvalue weighted by Gasteiger charge is -2.01. The molecule has 0 fully saturated rings. The molecule has 0 radical (unpaired) electrons. The molecule has 42 valence electrons. The van der Waals surface area contributed by atoms with E-state index in [2.05, 4.69) is 0 Å². The molecule has 2 N–H and O–H groups in total. The van der Waals surface area contributed by atoms with Gasteiger partial charge in [-0.1, -0.05) is 4.86 Å². The molecule has 0 spiro atoms. The maximum Gasteiger partial charge on any atom is 0.209 e. The smallest absolute Gasteiger partial charge is 0.209 e. The van der Waals surface area contributed by atoms with Crippen LogP contribution in [0.5, 0.6) is 0 Å². The Labute approximate surface area is 41.5 Å². The minimum absolute atomic E-state index is 0.0278. The summed E-state index contributed by atoms with van der Waals surface area (Å²) in [6, 6.07) is -0.597. The van der Waals surface area contributed by atoms with Crippen molar-refractivity contribution in [2.24, 2.45) is 0 Å². The van der Waals surface area contributed by atoms with Gasteiger partial charge in [-0.15, -0.1) is 0 Å². The Balaban J connectivity index is 3.34. The van der Waals surface area contributed by atoms with E-state index >= 15 is 0 Å². The Kier molecular flexibility index (Phi) is 2.29. The number of rotatable bonds is 2. The third kappa shape index (κ3) is 2.11. The average molecular weight is 104 g/mol. The lowest BCUT2D eigenvalue weighted by atomic mass is 10.4. The summed E-state index contributed by atoms with van der Waals surface area (Å²) in [6.45, 7) is 1.22. The Morgan fingerprint density at radius 3 is 2.43 bits per heavy atom. The van der Waals surface area contributed by atoms with Gasteiger partial charge in [-0.05, 0) is 5.53 Å². The van der Waals surface area contributed by atoms with Crippen molar-refractivity contribution in [3.05, 3.63) is 5.21 Å². The van der Waals surface area contributed by atoms with Crippen LogP contribution < -0.4 is 0 Å². The second-order valence-electron chi connectivity index (χ2n) is 1.36. The van der Waals surface area contributed by atoms with Crippen molar-refractivity contribution in [3.8, 4) is 0 Å². The van der Waals surface area contributed by atoms with Crippen LogP contribution in [0.25, 0.3) is 0 Å². The van der Waals surface area contributed by atoms with Crippen molar-refractivity contribution < 1.29 is 9.97 Å². The van der Waals surface area contributed by atoms with E-state index < -0.39 is 6.04 Å². The fourth-order valence-electron chi connectivity index (χ4n) is 0.0742. The summed E-state index contributed by atoms with van der Waals surface area (Å²) in [7, 11) is 0. The molecule has 0 bridgehead atoms. The van der Waals surface area contributed by atoms with Crippen molar-refractivity contribution >= 4 is 0 Å². The number of nitrogens with zero attached hydrogens (tertiary/aromatic N) is 1. The first kappa shape index (κ1) is 6.36. The van der Waals surface area contributed by atoms with Crippen molar-refractivity contribution in [2.45, 2.75) is 13.0 Å². The van der Waals surface area contributed by atoms with Crippen LogP contribution in [0.1, 0.15) is 6.92 Å². The monoisotopic (exact) mass is 104 g/mol. The molecule has 0 amide bonds. The highest BCUT2D eigenvalue weighted by molar-refractivity contribution is 4.37. The van der Waals surface area contributed by atoms with Gasteiger partial charge in [0.1, 0.15) is 6.61 Å². The predicted octanol–water partition coefficient (Wildman–Crippen LogP) is -0.0915. The Morgan fingerprint density at radius 2 is 2.43 bits per heavy atom. The molecule has 0 aromatic rings. The van der Waals surface area contributed by atoms with Crippen LogP contribution in [0, 0.1) is 10.7 Å². The van der Waals surface area contributed by atoms with E-state index in [1.165, 1.54) is 6.92 Å². The first-order valence-electron chi connectivity index (χ1n) is 1.97. The second-order valence-corrected chi connectivity index (χ2v) is 1.36. The van der Waals surface area contributed by atoms with E-state index in [1.54, 1.807) is 0 Å². The number of hydrogen-bond acceptors (Lipinski definition) is 3. The van der Waals surface area contributed by atoms with Gasteiger partial charge in [0.2, 0.25) is 6.04 Å². The van der Waals surface area contributed by atoms with Crippen LogP contribution in [0.15, 0.2) is 0 Å². The first-order valence-corrected chi connectivity index (χ1v) is 1.97. The number of aliphatic hydroxyl groups excluding tert-OH is 1. The van der Waals surface area contributed by atoms with E-state index in [0.717, 1.165) is 0 Å². The Bertz CT molecular complexity index is 73.3. The molecular formula is C3H8N2O2. The van der Waals surface area contributed by atoms with E-state index in [9.17, 15) is 5.21 Å². The van der Waals surface area contributed by atoms with Crippen molar-refractivity contribution in [1.82, 2.24) is 0 Å². The van der Waals surface area contributed by atoms with Gasteiger partial charge in [-0.3, -0.25) is 0 Å². The number of nitrogens with one attached hydrogen (secondary N) is 1. The van der Waals surface area contributed by atoms with Gasteiger partial charge in [0, 0.05) is 6.92 Å². The lowest BCUT2D eigenvalue weighted by molar-refractivity contribution is -0.587. The molecule has 0 aromatic carbocycles. The third-order valence-corrected chi connectivity index (χ3v) is 0.665. The summed E-state index contributed by atoms with van der Waals surface area (Å²) >= 11 is 0. The highest BCUT2D eigenvalue weighted by Gasteiger charge is 2.03. The molecule has 7 heavy (non-hydrogen) atoms. The molecule has 0 saturated carbocycles. The molecule has 0 saturated heterocycles. The van der Waals surface area contributed by atoms with Gasteiger partial charge in [0.15, 0.2) is 0 Å². The maximum atomic E-state index is 9.80. The van der Waals surface area contributed by atoms with E-state index in [-0.39, 0.29) is 11.5 Å². The largest absolute Gasteiger partial charge is 0.600 e. The zero-order valence-electron chi connectivity index (χ0n) is 4.09. The van der Waals surface area contributed by atoms with Gasteiger partial charge in [0.25, 0.3) is 0 Å². The molecule has 0 aliphatic rings. The minimum Gasteiger partial charge on any atom is -0.600 e. The molecule has 0 aliphatic heterocycles. The lowest BCUT2D eigenvalue weighted by Crippen LogP contribution is -2.18. The maximum absolute atomic E-state index is 9.80. The van der Waals surface area contributed by atoms with Crippen molar-refractivity contribution in [1.29, 1.82) is 5.53 Å². The summed E-state index contributed by atoms with van der Waals surface area (Å²) < 4.78 is 0. The first-order chi connectivity index (χ1) is 3.18. The summed E-state index contributed by atoms with van der Waals surface area (Å²) in [5.74, 6) is 0. The minimum atomic E-state index is -0.597. The van der Waals surface area contributed by atoms with Crippen LogP contribution >= 0.6 is 0 Å². The summed E-state index contributed by atoms with van der Waals surface area (Å²) in [6.07, 6.45) is 0. The summed E-state index contributed by atoms with van der Waals surface area (Å²) in [4.78, 5) is -0.0278. The van der Waals surface area contributed by atoms with Crippen LogP contribution in [0.3, 0.4) is 0 Å². The SMILES string of the molecule is CC(CO)[N+](=N)[O-]. The van der Waals surface area contributed by atoms with E-state index in [0.29, 0.717) is 0 Å². The second kappa shape index (κ2) is 2.52. The van der Waals surface area contributed by atoms with Gasteiger partial charge >= 0.3 is 0 Å². The van der Waals surface area contributed by atoms with E-state index in [4.69, 9.17) is 10.6 Å². The molecule has 4 heteroatoms. The molecule has 0 heterocycles. The molecule has 4 nitrogen and oxygen atoms in total. The van der Waals surface area contributed by atoms with Gasteiger partial charge < -0.3 is 10.3 Å². The van der Waals surface area contributed by atoms with Crippen molar-refractivity contribution in [2.75, 3.05) is 6.61 Å². The van der Waals surface area contributed by atoms with Crippen LogP contribution in [-0.4, -0.2) is 22.6 Å². The molecule has 0 rings (SSSR count). The molecule has 0 aliphatic carbocycles. The van der Waals surface area contributed by atoms with Crippen LogP contribution in [-0.2, 0) is 0 Å². The summed E-state index contributed by atoms with van der Waals surface area (Å²) in [5.41, 5.74) is 6.30. The standard InChI is InChI=1S/C3H8N2O2/c1-3(2-6)5(4)7/h3-4,6H,2H2,1H3. The topological polar surface area (TPSA) is 70.2 Å². The molecule has 1 unspecified atom stereocenters. The highest BCUT2D eigenvalue weighted by atomic mass is 16.5. The quantitative estimate of drug-likeness (QED) is 0.292. The Morgan fingerprint density at radius 1 is 2.00 bits per heavy atom. The Hall–Kier alpha value is -0.640. The third-order valence-electron chi connectivity index (χ3n) is 0.665. The molecular weight excluding hydrogens is 96.0 g/mol. The normalized spacial score (nSPS) is 13.4. The molecule has 0 aromatic heterocycles. The zero-order chi connectivity index (χ0) is 5.86. The fourth-order valence-corrected chi connectivity index (χ4v) is 0.0742. The zero-order valence-corrected chi connectivity index (χ0v) is 4.09. The number of aliphatic hydroxyl groups is 1. The van der Waals surface area contributed by atoms with Gasteiger partial charge in [-0.25, -0.2) is 0 Å². The van der Waals surface area contributed by atoms with Gasteiger partial charge in [-0.2, -0.15) is 0 Å². The van der Waals surface area contributed by atoms with Crippen LogP contribution in [0.4, 0.5) is 0 Å².